The van der Waals surface area contributed by atoms with E-state index in [0.29, 0.717) is 13.0 Å². The van der Waals surface area contributed by atoms with Crippen LogP contribution in [0, 0.1) is 0 Å². The summed E-state index contributed by atoms with van der Waals surface area (Å²) in [5, 5.41) is 0. The van der Waals surface area contributed by atoms with Crippen LogP contribution in [-0.2, 0) is 18.4 Å². The van der Waals surface area contributed by atoms with Crippen molar-refractivity contribution < 1.29 is 4.79 Å². The van der Waals surface area contributed by atoms with E-state index in [2.05, 4.69) is 53.2 Å². The molecule has 6 heteroatoms. The number of imidazole rings is 1. The topological polar surface area (TPSA) is 44.6 Å². The third-order valence-electron chi connectivity index (χ3n) is 6.68. The summed E-state index contributed by atoms with van der Waals surface area (Å²) in [6, 6.07) is 8.31. The van der Waals surface area contributed by atoms with Crippen LogP contribution in [0.4, 0.5) is 0 Å². The predicted octanol–water partition coefficient (Wildman–Crippen LogP) is 2.26. The second-order valence-electron chi connectivity index (χ2n) is 8.31. The van der Waals surface area contributed by atoms with Crippen molar-refractivity contribution in [2.24, 2.45) is 7.05 Å². The predicted molar refractivity (Wildman–Crippen MR) is 112 cm³/mol. The van der Waals surface area contributed by atoms with Crippen LogP contribution in [0.3, 0.4) is 0 Å². The van der Waals surface area contributed by atoms with Gasteiger partial charge in [0.1, 0.15) is 5.82 Å². The molecule has 2 aromatic rings. The van der Waals surface area contributed by atoms with Gasteiger partial charge >= 0.3 is 0 Å². The first-order chi connectivity index (χ1) is 13.5. The second-order valence-corrected chi connectivity index (χ2v) is 8.31. The Labute approximate surface area is 167 Å². The first-order valence-electron chi connectivity index (χ1n) is 10.2. The molecule has 1 amide bonds. The highest BCUT2D eigenvalue weighted by Gasteiger charge is 2.42. The van der Waals surface area contributed by atoms with Crippen molar-refractivity contribution in [1.29, 1.82) is 0 Å². The van der Waals surface area contributed by atoms with E-state index in [4.69, 9.17) is 4.98 Å². The molecule has 2 fully saturated rings. The summed E-state index contributed by atoms with van der Waals surface area (Å²) >= 11 is 0. The third-order valence-corrected chi connectivity index (χ3v) is 6.68. The van der Waals surface area contributed by atoms with Crippen molar-refractivity contribution in [3.05, 3.63) is 42.7 Å². The van der Waals surface area contributed by atoms with Gasteiger partial charge in [0.15, 0.2) is 0 Å². The molecule has 6 nitrogen and oxygen atoms in total. The summed E-state index contributed by atoms with van der Waals surface area (Å²) < 4.78 is 2.21. The number of likely N-dealkylation sites (tertiary alicyclic amines) is 1. The fraction of sp³-hybridized carbons (Fsp3) is 0.545. The molecule has 1 atom stereocenters. The van der Waals surface area contributed by atoms with E-state index < -0.39 is 0 Å². The van der Waals surface area contributed by atoms with Gasteiger partial charge in [-0.2, -0.15) is 0 Å². The number of rotatable bonds is 4. The van der Waals surface area contributed by atoms with E-state index in [1.165, 1.54) is 5.52 Å². The lowest BCUT2D eigenvalue weighted by molar-refractivity contribution is -0.130. The first kappa shape index (κ1) is 19.2. The number of piperazine rings is 1. The minimum Gasteiger partial charge on any atom is -0.339 e. The highest BCUT2D eigenvalue weighted by molar-refractivity contribution is 5.77. The molecule has 2 saturated heterocycles. The molecule has 0 N–H and O–H groups in total. The summed E-state index contributed by atoms with van der Waals surface area (Å²) in [7, 11) is 4.33. The SMILES string of the molecule is C=CCN1CC[C@@]2(CCC1=O)CN(Cc1nc3ccccc3n1C)CCN2C. The maximum atomic E-state index is 12.5. The standard InChI is InChI=1S/C22H31N5O/c1-4-12-27-13-11-22(10-9-21(27)28)17-26(15-14-24(22)2)16-20-23-18-7-5-6-8-19(18)25(20)3/h4-8H,1,9-17H2,2-3H3/t22-/m0/s1. The fourth-order valence-electron chi connectivity index (χ4n) is 4.80. The van der Waals surface area contributed by atoms with Crippen LogP contribution in [0.1, 0.15) is 25.1 Å². The minimum absolute atomic E-state index is 0.0639. The number of benzene rings is 1. The zero-order valence-electron chi connectivity index (χ0n) is 17.1. The molecule has 3 heterocycles. The van der Waals surface area contributed by atoms with Gasteiger partial charge in [-0.3, -0.25) is 14.6 Å². The van der Waals surface area contributed by atoms with Gasteiger partial charge in [-0.25, -0.2) is 4.98 Å². The van der Waals surface area contributed by atoms with Crippen LogP contribution < -0.4 is 0 Å². The molecule has 0 bridgehead atoms. The maximum absolute atomic E-state index is 12.5. The number of aryl methyl sites for hydroxylation is 1. The van der Waals surface area contributed by atoms with E-state index in [1.54, 1.807) is 0 Å². The van der Waals surface area contributed by atoms with Crippen molar-refractivity contribution in [2.75, 3.05) is 39.8 Å². The average molecular weight is 382 g/mol. The lowest BCUT2D eigenvalue weighted by Gasteiger charge is -2.49. The summed E-state index contributed by atoms with van der Waals surface area (Å²) in [5.41, 5.74) is 2.31. The zero-order chi connectivity index (χ0) is 19.7. The number of amides is 1. The summed E-state index contributed by atoms with van der Waals surface area (Å²) in [4.78, 5) is 24.3. The number of carbonyl (C=O) groups is 1. The Morgan fingerprint density at radius 3 is 2.79 bits per heavy atom. The highest BCUT2D eigenvalue weighted by Crippen LogP contribution is 2.32. The van der Waals surface area contributed by atoms with Crippen molar-refractivity contribution in [3.8, 4) is 0 Å². The van der Waals surface area contributed by atoms with Gasteiger partial charge in [0, 0.05) is 51.7 Å². The van der Waals surface area contributed by atoms with E-state index in [0.717, 1.165) is 56.9 Å². The number of hydrogen-bond acceptors (Lipinski definition) is 4. The molecule has 0 saturated carbocycles. The molecule has 2 aliphatic heterocycles. The summed E-state index contributed by atoms with van der Waals surface area (Å²) in [6.45, 7) is 9.17. The van der Waals surface area contributed by atoms with Crippen molar-refractivity contribution in [3.63, 3.8) is 0 Å². The first-order valence-corrected chi connectivity index (χ1v) is 10.2. The van der Waals surface area contributed by atoms with Crippen LogP contribution in [-0.4, -0.2) is 75.5 Å². The number of hydrogen-bond donors (Lipinski definition) is 0. The monoisotopic (exact) mass is 381 g/mol. The molecule has 0 radical (unpaired) electrons. The van der Waals surface area contributed by atoms with Crippen molar-refractivity contribution in [1.82, 2.24) is 24.3 Å². The largest absolute Gasteiger partial charge is 0.339 e. The fourth-order valence-corrected chi connectivity index (χ4v) is 4.80. The Kier molecular flexibility index (Phi) is 5.25. The van der Waals surface area contributed by atoms with Gasteiger partial charge in [-0.1, -0.05) is 18.2 Å². The molecule has 1 spiro atoms. The van der Waals surface area contributed by atoms with Crippen LogP contribution in [0.5, 0.6) is 0 Å². The quantitative estimate of drug-likeness (QED) is 0.762. The number of aromatic nitrogens is 2. The average Bonchev–Trinajstić information content (AvgIpc) is 2.92. The van der Waals surface area contributed by atoms with Crippen molar-refractivity contribution >= 4 is 16.9 Å². The molecule has 1 aromatic heterocycles. The minimum atomic E-state index is 0.0639. The molecule has 2 aliphatic rings. The number of carbonyl (C=O) groups excluding carboxylic acids is 1. The number of fused-ring (bicyclic) bond motifs is 1. The Morgan fingerprint density at radius 1 is 1.18 bits per heavy atom. The van der Waals surface area contributed by atoms with Gasteiger partial charge < -0.3 is 9.47 Å². The van der Waals surface area contributed by atoms with Gasteiger partial charge in [-0.05, 0) is 32.0 Å². The highest BCUT2D eigenvalue weighted by atomic mass is 16.2. The Hall–Kier alpha value is -2.18. The van der Waals surface area contributed by atoms with Crippen LogP contribution >= 0.6 is 0 Å². The van der Waals surface area contributed by atoms with Gasteiger partial charge in [0.2, 0.25) is 5.91 Å². The molecule has 28 heavy (non-hydrogen) atoms. The van der Waals surface area contributed by atoms with Gasteiger partial charge in [-0.15, -0.1) is 6.58 Å². The van der Waals surface area contributed by atoms with Crippen molar-refractivity contribution in [2.45, 2.75) is 31.3 Å². The number of para-hydroxylation sites is 2. The van der Waals surface area contributed by atoms with E-state index in [1.807, 2.05) is 17.0 Å². The molecular weight excluding hydrogens is 350 g/mol. The normalized spacial score (nSPS) is 24.8. The molecule has 0 unspecified atom stereocenters. The van der Waals surface area contributed by atoms with Crippen LogP contribution in [0.15, 0.2) is 36.9 Å². The molecule has 150 valence electrons. The van der Waals surface area contributed by atoms with Crippen LogP contribution in [0.2, 0.25) is 0 Å². The third kappa shape index (κ3) is 3.47. The lowest BCUT2D eigenvalue weighted by Crippen LogP contribution is -2.60. The maximum Gasteiger partial charge on any atom is 0.222 e. The molecule has 1 aromatic carbocycles. The van der Waals surface area contributed by atoms with Crippen LogP contribution in [0.25, 0.3) is 11.0 Å². The Morgan fingerprint density at radius 2 is 2.00 bits per heavy atom. The Balaban J connectivity index is 1.52. The second kappa shape index (κ2) is 7.68. The molecule has 4 rings (SSSR count). The molecule has 0 aliphatic carbocycles. The van der Waals surface area contributed by atoms with Gasteiger partial charge in [0.05, 0.1) is 17.6 Å². The number of nitrogens with zero attached hydrogens (tertiary/aromatic N) is 5. The van der Waals surface area contributed by atoms with E-state index >= 15 is 0 Å². The Bertz CT molecular complexity index is 875. The smallest absolute Gasteiger partial charge is 0.222 e. The zero-order valence-corrected chi connectivity index (χ0v) is 17.1. The van der Waals surface area contributed by atoms with Gasteiger partial charge in [0.25, 0.3) is 0 Å². The summed E-state index contributed by atoms with van der Waals surface area (Å²) in [6.07, 6.45) is 4.40. The summed E-state index contributed by atoms with van der Waals surface area (Å²) in [5.74, 6) is 1.37. The van der Waals surface area contributed by atoms with E-state index in [9.17, 15) is 4.79 Å². The number of likely N-dealkylation sites (N-methyl/N-ethyl adjacent to an activating group) is 1. The lowest BCUT2D eigenvalue weighted by atomic mass is 9.86. The van der Waals surface area contributed by atoms with E-state index in [-0.39, 0.29) is 11.4 Å². The molecular formula is C22H31N5O.